The van der Waals surface area contributed by atoms with Gasteiger partial charge in [0.25, 0.3) is 0 Å². The Hall–Kier alpha value is -1.89. The van der Waals surface area contributed by atoms with Gasteiger partial charge in [-0.05, 0) is 31.5 Å². The van der Waals surface area contributed by atoms with Crippen LogP contribution in [0.1, 0.15) is 43.3 Å². The number of aryl methyl sites for hydroxylation is 1. The van der Waals surface area contributed by atoms with Crippen LogP contribution in [-0.2, 0) is 0 Å². The fourth-order valence-corrected chi connectivity index (χ4v) is 1.85. The molecule has 0 aliphatic heterocycles. The van der Waals surface area contributed by atoms with Gasteiger partial charge in [-0.15, -0.1) is 10.2 Å². The van der Waals surface area contributed by atoms with Gasteiger partial charge >= 0.3 is 0 Å². The first-order valence-electron chi connectivity index (χ1n) is 6.09. The summed E-state index contributed by atoms with van der Waals surface area (Å²) >= 11 is 0. The van der Waals surface area contributed by atoms with Gasteiger partial charge in [-0.3, -0.25) is 5.32 Å². The predicted molar refractivity (Wildman–Crippen MR) is 65.3 cm³/mol. The van der Waals surface area contributed by atoms with E-state index in [9.17, 15) is 13.2 Å². The van der Waals surface area contributed by atoms with E-state index in [4.69, 9.17) is 4.42 Å². The highest BCUT2D eigenvalue weighted by Crippen LogP contribution is 2.22. The zero-order valence-electron chi connectivity index (χ0n) is 11.2. The minimum Gasteiger partial charge on any atom is -0.424 e. The first-order valence-corrected chi connectivity index (χ1v) is 6.09. The van der Waals surface area contributed by atoms with Gasteiger partial charge in [-0.25, -0.2) is 13.2 Å². The van der Waals surface area contributed by atoms with Crippen LogP contribution in [0.3, 0.4) is 0 Å². The van der Waals surface area contributed by atoms with Gasteiger partial charge in [0.05, 0.1) is 6.04 Å². The van der Waals surface area contributed by atoms with E-state index in [-0.39, 0.29) is 6.04 Å². The third kappa shape index (κ3) is 2.98. The molecule has 1 N–H and O–H groups in total. The molecule has 1 aromatic heterocycles. The largest absolute Gasteiger partial charge is 0.424 e. The Balaban J connectivity index is 2.14. The Morgan fingerprint density at radius 1 is 1.05 bits per heavy atom. The molecule has 0 fully saturated rings. The van der Waals surface area contributed by atoms with E-state index in [1.807, 2.05) is 0 Å². The molecule has 2 rings (SSSR count). The summed E-state index contributed by atoms with van der Waals surface area (Å²) in [6.45, 7) is 5.14. The van der Waals surface area contributed by atoms with E-state index < -0.39 is 23.5 Å². The van der Waals surface area contributed by atoms with Crippen LogP contribution in [0.25, 0.3) is 0 Å². The molecule has 1 aromatic carbocycles. The van der Waals surface area contributed by atoms with Crippen molar-refractivity contribution in [2.24, 2.45) is 0 Å². The van der Waals surface area contributed by atoms with Crippen LogP contribution in [-0.4, -0.2) is 10.2 Å². The summed E-state index contributed by atoms with van der Waals surface area (Å²) in [5.41, 5.74) is 0.296. The quantitative estimate of drug-likeness (QED) is 0.876. The lowest BCUT2D eigenvalue weighted by Crippen LogP contribution is -2.23. The summed E-state index contributed by atoms with van der Waals surface area (Å²) in [6, 6.07) is 1.20. The summed E-state index contributed by atoms with van der Waals surface area (Å²) in [5, 5.41) is 10.6. The molecule has 0 aliphatic carbocycles. The van der Waals surface area contributed by atoms with Crippen LogP contribution in [0.2, 0.25) is 0 Å². The molecule has 4 nitrogen and oxygen atoms in total. The molecule has 0 aliphatic rings. The second-order valence-corrected chi connectivity index (χ2v) is 4.57. The summed E-state index contributed by atoms with van der Waals surface area (Å²) < 4.78 is 44.5. The van der Waals surface area contributed by atoms with Crippen LogP contribution in [0.15, 0.2) is 16.5 Å². The van der Waals surface area contributed by atoms with Crippen molar-refractivity contribution in [1.29, 1.82) is 0 Å². The van der Waals surface area contributed by atoms with E-state index in [1.165, 1.54) is 0 Å². The van der Waals surface area contributed by atoms with Crippen LogP contribution < -0.4 is 5.32 Å². The third-order valence-corrected chi connectivity index (χ3v) is 2.92. The van der Waals surface area contributed by atoms with Gasteiger partial charge in [-0.1, -0.05) is 0 Å². The molecule has 0 radical (unpaired) electrons. The summed E-state index contributed by atoms with van der Waals surface area (Å²) in [7, 11) is 0. The third-order valence-electron chi connectivity index (χ3n) is 2.92. The highest BCUT2D eigenvalue weighted by Gasteiger charge is 2.18. The van der Waals surface area contributed by atoms with Gasteiger partial charge in [0.2, 0.25) is 11.8 Å². The van der Waals surface area contributed by atoms with E-state index in [0.29, 0.717) is 17.3 Å². The molecule has 1 heterocycles. The Labute approximate surface area is 114 Å². The molecular weight excluding hydrogens is 271 g/mol. The van der Waals surface area contributed by atoms with Crippen LogP contribution in [0.4, 0.5) is 13.2 Å². The second-order valence-electron chi connectivity index (χ2n) is 4.57. The van der Waals surface area contributed by atoms with Crippen LogP contribution in [0, 0.1) is 24.4 Å². The van der Waals surface area contributed by atoms with E-state index in [0.717, 1.165) is 12.1 Å². The van der Waals surface area contributed by atoms with Crippen LogP contribution in [0.5, 0.6) is 0 Å². The molecule has 0 spiro atoms. The minimum atomic E-state index is -1.47. The number of nitrogens with one attached hydrogen (secondary N) is 1. The van der Waals surface area contributed by atoms with Crippen molar-refractivity contribution in [2.45, 2.75) is 32.9 Å². The lowest BCUT2D eigenvalue weighted by molar-refractivity contribution is 0.377. The average Bonchev–Trinajstić information content (AvgIpc) is 2.82. The molecule has 108 valence electrons. The maximum atomic E-state index is 13.2. The van der Waals surface area contributed by atoms with Crippen molar-refractivity contribution in [3.8, 4) is 0 Å². The van der Waals surface area contributed by atoms with E-state index >= 15 is 0 Å². The molecule has 20 heavy (non-hydrogen) atoms. The zero-order chi connectivity index (χ0) is 14.9. The molecule has 0 saturated heterocycles. The Morgan fingerprint density at radius 2 is 1.65 bits per heavy atom. The molecule has 2 unspecified atom stereocenters. The lowest BCUT2D eigenvalue weighted by Gasteiger charge is -2.18. The molecular formula is C13H14F3N3O. The molecule has 0 amide bonds. The van der Waals surface area contributed by atoms with Crippen molar-refractivity contribution in [3.63, 3.8) is 0 Å². The average molecular weight is 285 g/mol. The molecule has 2 atom stereocenters. The highest BCUT2D eigenvalue weighted by atomic mass is 19.2. The van der Waals surface area contributed by atoms with Gasteiger partial charge in [-0.2, -0.15) is 0 Å². The van der Waals surface area contributed by atoms with E-state index in [2.05, 4.69) is 15.5 Å². The summed E-state index contributed by atoms with van der Waals surface area (Å²) in [6.07, 6.45) is 0. The number of aromatic nitrogens is 2. The monoisotopic (exact) mass is 285 g/mol. The van der Waals surface area contributed by atoms with Gasteiger partial charge < -0.3 is 4.42 Å². The smallest absolute Gasteiger partial charge is 0.233 e. The number of hydrogen-bond donors (Lipinski definition) is 1. The second kappa shape index (κ2) is 5.62. The molecule has 7 heteroatoms. The minimum absolute atomic E-state index is 0.296. The maximum Gasteiger partial charge on any atom is 0.233 e. The summed E-state index contributed by atoms with van der Waals surface area (Å²) in [4.78, 5) is 0. The fourth-order valence-electron chi connectivity index (χ4n) is 1.85. The standard InChI is InChI=1S/C13H14F3N3O/c1-6(9-4-10(14)12(16)11(15)5-9)17-7(2)13-19-18-8(3)20-13/h4-7,17H,1-3H3. The number of halogens is 3. The highest BCUT2D eigenvalue weighted by molar-refractivity contribution is 5.22. The van der Waals surface area contributed by atoms with Crippen LogP contribution >= 0.6 is 0 Å². The van der Waals surface area contributed by atoms with Gasteiger partial charge in [0.15, 0.2) is 17.5 Å². The van der Waals surface area contributed by atoms with Gasteiger partial charge in [0, 0.05) is 13.0 Å². The maximum absolute atomic E-state index is 13.2. The molecule has 0 saturated carbocycles. The Bertz CT molecular complexity index is 592. The predicted octanol–water partition coefficient (Wildman–Crippen LogP) is 3.21. The normalized spacial score (nSPS) is 14.3. The first kappa shape index (κ1) is 14.5. The Morgan fingerprint density at radius 3 is 2.15 bits per heavy atom. The molecule has 2 aromatic rings. The lowest BCUT2D eigenvalue weighted by atomic mass is 10.1. The zero-order valence-corrected chi connectivity index (χ0v) is 11.2. The first-order chi connectivity index (χ1) is 9.38. The van der Waals surface area contributed by atoms with Crippen molar-refractivity contribution in [2.75, 3.05) is 0 Å². The van der Waals surface area contributed by atoms with Crippen molar-refractivity contribution >= 4 is 0 Å². The number of nitrogens with zero attached hydrogens (tertiary/aromatic N) is 2. The topological polar surface area (TPSA) is 51.0 Å². The summed E-state index contributed by atoms with van der Waals surface area (Å²) in [5.74, 6) is -3.09. The fraction of sp³-hybridized carbons (Fsp3) is 0.385. The Kier molecular flexibility index (Phi) is 4.08. The molecule has 0 bridgehead atoms. The van der Waals surface area contributed by atoms with Gasteiger partial charge in [0.1, 0.15) is 0 Å². The van der Waals surface area contributed by atoms with E-state index in [1.54, 1.807) is 20.8 Å². The number of hydrogen-bond acceptors (Lipinski definition) is 4. The van der Waals surface area contributed by atoms with Crippen molar-refractivity contribution < 1.29 is 17.6 Å². The number of benzene rings is 1. The number of rotatable bonds is 4. The van der Waals surface area contributed by atoms with Crippen molar-refractivity contribution in [3.05, 3.63) is 46.9 Å². The van der Waals surface area contributed by atoms with Crippen molar-refractivity contribution in [1.82, 2.24) is 15.5 Å². The SMILES string of the molecule is Cc1nnc(C(C)NC(C)c2cc(F)c(F)c(F)c2)o1.